The van der Waals surface area contributed by atoms with E-state index >= 15 is 0 Å². The molecule has 0 aromatic heterocycles. The maximum absolute atomic E-state index is 5.41. The molecule has 1 saturated heterocycles. The van der Waals surface area contributed by atoms with Crippen LogP contribution in [0, 0.1) is 0 Å². The summed E-state index contributed by atoms with van der Waals surface area (Å²) < 4.78 is 16.2. The molecule has 1 aromatic carbocycles. The van der Waals surface area contributed by atoms with Crippen LogP contribution in [0.15, 0.2) is 17.1 Å². The lowest BCUT2D eigenvalue weighted by Crippen LogP contribution is -2.41. The summed E-state index contributed by atoms with van der Waals surface area (Å²) in [5.41, 5.74) is 1.03. The fourth-order valence-corrected chi connectivity index (χ4v) is 3.34. The van der Waals surface area contributed by atoms with Gasteiger partial charge < -0.3 is 29.7 Å². The van der Waals surface area contributed by atoms with Crippen LogP contribution >= 0.6 is 0 Å². The zero-order valence-electron chi connectivity index (χ0n) is 17.1. The van der Waals surface area contributed by atoms with Crippen molar-refractivity contribution >= 4 is 5.96 Å². The highest BCUT2D eigenvalue weighted by Crippen LogP contribution is 2.38. The molecule has 0 atom stereocenters. The predicted molar refractivity (Wildman–Crippen MR) is 109 cm³/mol. The lowest BCUT2D eigenvalue weighted by molar-refractivity contribution is 0.289. The van der Waals surface area contributed by atoms with Gasteiger partial charge in [-0.05, 0) is 43.6 Å². The molecule has 1 aliphatic rings. The number of benzene rings is 1. The molecular formula is C20H34N4O3. The van der Waals surface area contributed by atoms with E-state index in [4.69, 9.17) is 14.2 Å². The number of methoxy groups -OCH3 is 3. The average Bonchev–Trinajstić information content (AvgIpc) is 2.98. The third-order valence-electron chi connectivity index (χ3n) is 4.83. The number of hydrogen-bond donors (Lipinski definition) is 2. The van der Waals surface area contributed by atoms with E-state index in [0.717, 1.165) is 24.6 Å². The van der Waals surface area contributed by atoms with E-state index in [2.05, 4.69) is 20.5 Å². The van der Waals surface area contributed by atoms with E-state index in [-0.39, 0.29) is 0 Å². The fourth-order valence-electron chi connectivity index (χ4n) is 3.34. The fraction of sp³-hybridized carbons (Fsp3) is 0.650. The van der Waals surface area contributed by atoms with Crippen molar-refractivity contribution in [3.8, 4) is 17.2 Å². The van der Waals surface area contributed by atoms with Crippen LogP contribution in [0.5, 0.6) is 17.2 Å². The Kier molecular flexibility index (Phi) is 9.04. The summed E-state index contributed by atoms with van der Waals surface area (Å²) in [6, 6.07) is 3.89. The number of guanidine groups is 1. The first-order valence-electron chi connectivity index (χ1n) is 9.67. The zero-order chi connectivity index (χ0) is 19.5. The molecule has 1 fully saturated rings. The van der Waals surface area contributed by atoms with Gasteiger partial charge in [0.2, 0.25) is 5.75 Å². The highest BCUT2D eigenvalue weighted by molar-refractivity contribution is 5.79. The Morgan fingerprint density at radius 3 is 2.11 bits per heavy atom. The number of nitrogens with zero attached hydrogens (tertiary/aromatic N) is 2. The maximum Gasteiger partial charge on any atom is 0.203 e. The van der Waals surface area contributed by atoms with E-state index in [1.54, 1.807) is 28.4 Å². The summed E-state index contributed by atoms with van der Waals surface area (Å²) in [6.45, 7) is 4.96. The quantitative estimate of drug-likeness (QED) is 0.534. The van der Waals surface area contributed by atoms with E-state index in [1.165, 1.54) is 38.8 Å². The monoisotopic (exact) mass is 378 g/mol. The molecule has 1 aromatic rings. The van der Waals surface area contributed by atoms with E-state index in [1.807, 2.05) is 12.1 Å². The van der Waals surface area contributed by atoms with Gasteiger partial charge in [-0.2, -0.15) is 0 Å². The molecule has 27 heavy (non-hydrogen) atoms. The zero-order valence-corrected chi connectivity index (χ0v) is 17.1. The van der Waals surface area contributed by atoms with Gasteiger partial charge >= 0.3 is 0 Å². The van der Waals surface area contributed by atoms with Crippen LogP contribution < -0.4 is 24.8 Å². The van der Waals surface area contributed by atoms with Gasteiger partial charge in [-0.25, -0.2) is 0 Å². The molecule has 0 amide bonds. The first-order valence-corrected chi connectivity index (χ1v) is 9.67. The second-order valence-corrected chi connectivity index (χ2v) is 6.64. The van der Waals surface area contributed by atoms with Gasteiger partial charge in [-0.1, -0.05) is 12.8 Å². The lowest BCUT2D eigenvalue weighted by Gasteiger charge is -2.21. The Labute approximate surface area is 163 Å². The van der Waals surface area contributed by atoms with Gasteiger partial charge in [0.25, 0.3) is 0 Å². The predicted octanol–water partition coefficient (Wildman–Crippen LogP) is 2.25. The van der Waals surface area contributed by atoms with Gasteiger partial charge in [0, 0.05) is 26.7 Å². The highest BCUT2D eigenvalue weighted by Gasteiger charge is 2.13. The van der Waals surface area contributed by atoms with Crippen LogP contribution in [0.25, 0.3) is 0 Å². The van der Waals surface area contributed by atoms with Crippen LogP contribution in [0.3, 0.4) is 0 Å². The van der Waals surface area contributed by atoms with Crippen LogP contribution in [0.2, 0.25) is 0 Å². The van der Waals surface area contributed by atoms with Crippen molar-refractivity contribution in [1.29, 1.82) is 0 Å². The van der Waals surface area contributed by atoms with Crippen molar-refractivity contribution in [2.45, 2.75) is 32.2 Å². The topological polar surface area (TPSA) is 67.4 Å². The minimum absolute atomic E-state index is 0.601. The molecule has 7 heteroatoms. The van der Waals surface area contributed by atoms with Crippen molar-refractivity contribution in [1.82, 2.24) is 15.5 Å². The number of rotatable bonds is 8. The molecule has 0 saturated carbocycles. The Morgan fingerprint density at radius 1 is 0.963 bits per heavy atom. The van der Waals surface area contributed by atoms with Gasteiger partial charge in [0.1, 0.15) is 0 Å². The molecule has 152 valence electrons. The molecule has 2 N–H and O–H groups in total. The Balaban J connectivity index is 1.86. The normalized spacial score (nSPS) is 15.8. The summed E-state index contributed by atoms with van der Waals surface area (Å²) in [4.78, 5) is 6.85. The third kappa shape index (κ3) is 6.50. The van der Waals surface area contributed by atoms with Gasteiger partial charge in [0.15, 0.2) is 17.5 Å². The standard InChI is InChI=1S/C20H34N4O3/c1-21-20(22-9-12-24-10-7-5-6-8-11-24)23-15-16-13-17(25-2)19(27-4)18(14-16)26-3/h13-14H,5-12,15H2,1-4H3,(H2,21,22,23). The average molecular weight is 379 g/mol. The summed E-state index contributed by atoms with van der Waals surface area (Å²) in [6.07, 6.45) is 5.35. The maximum atomic E-state index is 5.41. The number of ether oxygens (including phenoxy) is 3. The number of aliphatic imine (C=N–C) groups is 1. The van der Waals surface area contributed by atoms with E-state index < -0.39 is 0 Å². The van der Waals surface area contributed by atoms with Crippen molar-refractivity contribution in [3.63, 3.8) is 0 Å². The van der Waals surface area contributed by atoms with E-state index in [9.17, 15) is 0 Å². The van der Waals surface area contributed by atoms with Gasteiger partial charge in [-0.15, -0.1) is 0 Å². The van der Waals surface area contributed by atoms with Crippen LogP contribution in [0.1, 0.15) is 31.2 Å². The molecule has 0 radical (unpaired) electrons. The summed E-state index contributed by atoms with van der Waals surface area (Å²) >= 11 is 0. The second-order valence-electron chi connectivity index (χ2n) is 6.64. The summed E-state index contributed by atoms with van der Waals surface area (Å²) in [5.74, 6) is 2.69. The second kappa shape index (κ2) is 11.5. The largest absolute Gasteiger partial charge is 0.493 e. The van der Waals surface area contributed by atoms with E-state index in [0.29, 0.717) is 23.8 Å². The minimum Gasteiger partial charge on any atom is -0.493 e. The van der Waals surface area contributed by atoms with Crippen molar-refractivity contribution in [2.75, 3.05) is 54.6 Å². The molecule has 7 nitrogen and oxygen atoms in total. The first-order chi connectivity index (χ1) is 13.2. The molecular weight excluding hydrogens is 344 g/mol. The summed E-state index contributed by atoms with van der Waals surface area (Å²) in [7, 11) is 6.64. The van der Waals surface area contributed by atoms with Gasteiger partial charge in [-0.3, -0.25) is 4.99 Å². The molecule has 1 heterocycles. The Morgan fingerprint density at radius 2 is 1.59 bits per heavy atom. The number of nitrogens with one attached hydrogen (secondary N) is 2. The molecule has 0 bridgehead atoms. The summed E-state index contributed by atoms with van der Waals surface area (Å²) in [5, 5.41) is 6.74. The minimum atomic E-state index is 0.601. The molecule has 2 rings (SSSR count). The van der Waals surface area contributed by atoms with Crippen molar-refractivity contribution in [3.05, 3.63) is 17.7 Å². The van der Waals surface area contributed by atoms with Gasteiger partial charge in [0.05, 0.1) is 21.3 Å². The Hall–Kier alpha value is -2.15. The molecule has 0 unspecified atom stereocenters. The third-order valence-corrected chi connectivity index (χ3v) is 4.83. The first kappa shape index (κ1) is 21.2. The van der Waals surface area contributed by atoms with Crippen LogP contribution in [0.4, 0.5) is 0 Å². The highest BCUT2D eigenvalue weighted by atomic mass is 16.5. The lowest BCUT2D eigenvalue weighted by atomic mass is 10.2. The van der Waals surface area contributed by atoms with Crippen molar-refractivity contribution < 1.29 is 14.2 Å². The van der Waals surface area contributed by atoms with Crippen molar-refractivity contribution in [2.24, 2.45) is 4.99 Å². The Bertz CT molecular complexity index is 574. The number of likely N-dealkylation sites (tertiary alicyclic amines) is 1. The molecule has 1 aliphatic heterocycles. The van der Waals surface area contributed by atoms with Crippen LogP contribution in [-0.4, -0.2) is 65.4 Å². The molecule has 0 spiro atoms. The molecule has 0 aliphatic carbocycles. The van der Waals surface area contributed by atoms with Crippen LogP contribution in [-0.2, 0) is 6.54 Å². The smallest absolute Gasteiger partial charge is 0.203 e. The number of hydrogen-bond acceptors (Lipinski definition) is 5. The SMILES string of the molecule is CN=C(NCCN1CCCCCC1)NCc1cc(OC)c(OC)c(OC)c1.